The van der Waals surface area contributed by atoms with Crippen LogP contribution in [0.15, 0.2) is 29.2 Å². The van der Waals surface area contributed by atoms with E-state index in [0.29, 0.717) is 30.2 Å². The summed E-state index contributed by atoms with van der Waals surface area (Å²) >= 11 is 2.77. The minimum atomic E-state index is -0.516. The molecule has 1 aliphatic heterocycles. The minimum absolute atomic E-state index is 0.178. The molecule has 0 atom stereocenters. The molecule has 2 amide bonds. The summed E-state index contributed by atoms with van der Waals surface area (Å²) in [7, 11) is 1.61. The summed E-state index contributed by atoms with van der Waals surface area (Å²) in [6, 6.07) is 7.48. The summed E-state index contributed by atoms with van der Waals surface area (Å²) in [6.45, 7) is 1.02. The van der Waals surface area contributed by atoms with Gasteiger partial charge < -0.3 is 20.5 Å². The highest BCUT2D eigenvalue weighted by molar-refractivity contribution is 8.00. The van der Waals surface area contributed by atoms with Crippen molar-refractivity contribution in [3.63, 3.8) is 0 Å². The first kappa shape index (κ1) is 17.8. The van der Waals surface area contributed by atoms with Crippen molar-refractivity contribution >= 4 is 39.9 Å². The second-order valence-electron chi connectivity index (χ2n) is 5.39. The number of carbonyl (C=O) groups is 2. The molecule has 6 nitrogen and oxygen atoms in total. The zero-order valence-electron chi connectivity index (χ0n) is 13.7. The van der Waals surface area contributed by atoms with Crippen LogP contribution in [0.3, 0.4) is 0 Å². The first-order chi connectivity index (χ1) is 12.1. The number of amides is 2. The summed E-state index contributed by atoms with van der Waals surface area (Å²) in [5.41, 5.74) is 6.84. The van der Waals surface area contributed by atoms with E-state index in [0.717, 1.165) is 21.1 Å². The number of fused-ring (bicyclic) bond motifs is 1. The first-order valence-corrected chi connectivity index (χ1v) is 9.47. The Balaban J connectivity index is 1.66. The molecular weight excluding hydrogens is 360 g/mol. The Hall–Kier alpha value is -2.03. The number of benzene rings is 1. The third-order valence-electron chi connectivity index (χ3n) is 3.75. The van der Waals surface area contributed by atoms with Gasteiger partial charge in [0.1, 0.15) is 10.8 Å². The summed E-state index contributed by atoms with van der Waals surface area (Å²) in [5, 5.41) is 3.34. The van der Waals surface area contributed by atoms with E-state index in [1.54, 1.807) is 7.11 Å². The Kier molecular flexibility index (Phi) is 5.62. The second-order valence-corrected chi connectivity index (χ2v) is 7.54. The van der Waals surface area contributed by atoms with Crippen LogP contribution >= 0.6 is 23.1 Å². The van der Waals surface area contributed by atoms with Gasteiger partial charge in [-0.15, -0.1) is 23.1 Å². The van der Waals surface area contributed by atoms with Crippen LogP contribution in [0, 0.1) is 0 Å². The third kappa shape index (κ3) is 4.15. The van der Waals surface area contributed by atoms with Gasteiger partial charge in [0.2, 0.25) is 5.91 Å². The highest BCUT2D eigenvalue weighted by atomic mass is 32.2. The van der Waals surface area contributed by atoms with E-state index in [2.05, 4.69) is 5.32 Å². The predicted octanol–water partition coefficient (Wildman–Crippen LogP) is 2.66. The lowest BCUT2D eigenvalue weighted by atomic mass is 10.1. The lowest BCUT2D eigenvalue weighted by molar-refractivity contribution is -0.113. The van der Waals surface area contributed by atoms with Crippen molar-refractivity contribution in [3.05, 3.63) is 40.3 Å². The molecule has 0 radical (unpaired) electrons. The van der Waals surface area contributed by atoms with Crippen molar-refractivity contribution in [2.24, 2.45) is 5.73 Å². The third-order valence-corrected chi connectivity index (χ3v) is 5.88. The van der Waals surface area contributed by atoms with Crippen LogP contribution in [0.1, 0.15) is 20.8 Å². The maximum Gasteiger partial charge on any atom is 0.251 e. The zero-order valence-corrected chi connectivity index (χ0v) is 15.3. The lowest BCUT2D eigenvalue weighted by Crippen LogP contribution is -2.20. The molecule has 1 aromatic carbocycles. The number of nitrogens with two attached hydrogens (primary N) is 1. The number of hydrogen-bond donors (Lipinski definition) is 2. The minimum Gasteiger partial charge on any atom is -0.497 e. The fourth-order valence-electron chi connectivity index (χ4n) is 2.56. The number of primary amides is 1. The van der Waals surface area contributed by atoms with Gasteiger partial charge in [0.15, 0.2) is 0 Å². The number of hydrogen-bond acceptors (Lipinski definition) is 6. The van der Waals surface area contributed by atoms with Crippen LogP contribution in [0.5, 0.6) is 5.75 Å². The molecule has 0 spiro atoms. The average Bonchev–Trinajstić information content (AvgIpc) is 2.98. The molecule has 0 aliphatic carbocycles. The lowest BCUT2D eigenvalue weighted by Gasteiger charge is -2.12. The fraction of sp³-hybridized carbons (Fsp3) is 0.294. The molecule has 0 saturated heterocycles. The van der Waals surface area contributed by atoms with Crippen LogP contribution in [-0.4, -0.2) is 31.3 Å². The summed E-state index contributed by atoms with van der Waals surface area (Å²) in [6.07, 6.45) is 0.639. The molecule has 1 aliphatic rings. The predicted molar refractivity (Wildman–Crippen MR) is 98.5 cm³/mol. The molecule has 3 N–H and O–H groups in total. The molecule has 2 heterocycles. The number of carbonyl (C=O) groups excluding carboxylic acids is 2. The highest BCUT2D eigenvalue weighted by Gasteiger charge is 2.25. The number of ether oxygens (including phenoxy) is 2. The van der Waals surface area contributed by atoms with E-state index in [4.69, 9.17) is 15.2 Å². The second kappa shape index (κ2) is 7.90. The Morgan fingerprint density at radius 2 is 2.12 bits per heavy atom. The van der Waals surface area contributed by atoms with Crippen LogP contribution in [0.4, 0.5) is 5.00 Å². The summed E-state index contributed by atoms with van der Waals surface area (Å²) in [4.78, 5) is 26.0. The van der Waals surface area contributed by atoms with Crippen molar-refractivity contribution in [3.8, 4) is 5.75 Å². The van der Waals surface area contributed by atoms with Gasteiger partial charge in [-0.3, -0.25) is 9.59 Å². The van der Waals surface area contributed by atoms with Crippen molar-refractivity contribution in [2.75, 3.05) is 24.8 Å². The highest BCUT2D eigenvalue weighted by Crippen LogP contribution is 2.36. The molecule has 3 rings (SSSR count). The van der Waals surface area contributed by atoms with E-state index >= 15 is 0 Å². The molecule has 1 aromatic heterocycles. The quantitative estimate of drug-likeness (QED) is 0.754. The standard InChI is InChI=1S/C17H18N2O4S2/c1-22-10-2-4-11(5-3-10)24-9-14(20)19-17-15(16(18)21)12-6-7-23-8-13(12)25-17/h2-5H,6-9H2,1H3,(H2,18,21)(H,19,20). The monoisotopic (exact) mass is 378 g/mol. The van der Waals surface area contributed by atoms with Crippen LogP contribution in [0.2, 0.25) is 0 Å². The van der Waals surface area contributed by atoms with Crippen LogP contribution in [-0.2, 0) is 22.6 Å². The van der Waals surface area contributed by atoms with Crippen molar-refractivity contribution in [2.45, 2.75) is 17.9 Å². The van der Waals surface area contributed by atoms with Crippen LogP contribution < -0.4 is 15.8 Å². The summed E-state index contributed by atoms with van der Waals surface area (Å²) < 4.78 is 10.5. The zero-order chi connectivity index (χ0) is 17.8. The van der Waals surface area contributed by atoms with Gasteiger partial charge >= 0.3 is 0 Å². The van der Waals surface area contributed by atoms with E-state index < -0.39 is 5.91 Å². The molecular formula is C17H18N2O4S2. The van der Waals surface area contributed by atoms with E-state index in [-0.39, 0.29) is 11.7 Å². The molecule has 0 fully saturated rings. The number of thiophene rings is 1. The Morgan fingerprint density at radius 1 is 1.36 bits per heavy atom. The smallest absolute Gasteiger partial charge is 0.251 e. The molecule has 25 heavy (non-hydrogen) atoms. The largest absolute Gasteiger partial charge is 0.497 e. The van der Waals surface area contributed by atoms with Gasteiger partial charge in [0, 0.05) is 9.77 Å². The number of nitrogens with one attached hydrogen (secondary N) is 1. The Bertz CT molecular complexity index is 787. The van der Waals surface area contributed by atoms with Gasteiger partial charge in [0.05, 0.1) is 31.6 Å². The topological polar surface area (TPSA) is 90.6 Å². The number of methoxy groups -OCH3 is 1. The Labute approximate surface area is 153 Å². The van der Waals surface area contributed by atoms with Gasteiger partial charge in [-0.05, 0) is 36.2 Å². The number of rotatable bonds is 6. The number of thioether (sulfide) groups is 1. The van der Waals surface area contributed by atoms with E-state index in [1.807, 2.05) is 24.3 Å². The van der Waals surface area contributed by atoms with Crippen LogP contribution in [0.25, 0.3) is 0 Å². The fourth-order valence-corrected chi connectivity index (χ4v) is 4.47. The molecule has 0 bridgehead atoms. The van der Waals surface area contributed by atoms with Gasteiger partial charge in [-0.1, -0.05) is 0 Å². The van der Waals surface area contributed by atoms with Crippen molar-refractivity contribution in [1.29, 1.82) is 0 Å². The molecule has 132 valence electrons. The maximum absolute atomic E-state index is 12.3. The molecule has 0 unspecified atom stereocenters. The van der Waals surface area contributed by atoms with Crippen molar-refractivity contribution < 1.29 is 19.1 Å². The van der Waals surface area contributed by atoms with Gasteiger partial charge in [-0.25, -0.2) is 0 Å². The number of anilines is 1. The van der Waals surface area contributed by atoms with E-state index in [1.165, 1.54) is 23.1 Å². The maximum atomic E-state index is 12.3. The Morgan fingerprint density at radius 3 is 2.80 bits per heavy atom. The van der Waals surface area contributed by atoms with Crippen molar-refractivity contribution in [1.82, 2.24) is 0 Å². The summed E-state index contributed by atoms with van der Waals surface area (Å²) in [5.74, 6) is 0.315. The normalized spacial score (nSPS) is 13.2. The SMILES string of the molecule is COc1ccc(SCC(=O)Nc2sc3c(c2C(N)=O)CCOC3)cc1. The molecule has 8 heteroatoms. The van der Waals surface area contributed by atoms with Gasteiger partial charge in [-0.2, -0.15) is 0 Å². The van der Waals surface area contributed by atoms with E-state index in [9.17, 15) is 9.59 Å². The average molecular weight is 378 g/mol. The molecule has 0 saturated carbocycles. The molecule has 2 aromatic rings. The first-order valence-electron chi connectivity index (χ1n) is 7.67. The van der Waals surface area contributed by atoms with Gasteiger partial charge in [0.25, 0.3) is 5.91 Å².